The molecule has 0 fully saturated rings. The molecule has 6 heteroatoms. The van der Waals surface area contributed by atoms with Crippen molar-refractivity contribution in [2.24, 2.45) is 0 Å². The zero-order chi connectivity index (χ0) is 15.2. The van der Waals surface area contributed by atoms with Crippen LogP contribution in [0.4, 0.5) is 4.79 Å². The van der Waals surface area contributed by atoms with Crippen LogP contribution < -0.4 is 10.6 Å². The number of carbonyl (C=O) groups excluding carboxylic acids is 1. The van der Waals surface area contributed by atoms with Gasteiger partial charge in [-0.2, -0.15) is 0 Å². The molecule has 1 aromatic carbocycles. The van der Waals surface area contributed by atoms with Gasteiger partial charge in [-0.25, -0.2) is 9.78 Å². The molecule has 1 atom stereocenters. The summed E-state index contributed by atoms with van der Waals surface area (Å²) in [4.78, 5) is 15.6. The van der Waals surface area contributed by atoms with Crippen LogP contribution in [0.1, 0.15) is 28.7 Å². The predicted octanol–water partition coefficient (Wildman–Crippen LogP) is 1.82. The Hall–Kier alpha value is -2.34. The lowest BCUT2D eigenvalue weighted by atomic mass is 10.1. The van der Waals surface area contributed by atoms with Gasteiger partial charge in [-0.1, -0.05) is 29.8 Å². The van der Waals surface area contributed by atoms with Gasteiger partial charge in [-0.05, 0) is 19.4 Å². The van der Waals surface area contributed by atoms with E-state index in [1.54, 1.807) is 6.92 Å². The van der Waals surface area contributed by atoms with Crippen LogP contribution in [-0.2, 0) is 6.54 Å². The summed E-state index contributed by atoms with van der Waals surface area (Å²) < 4.78 is 5.04. The van der Waals surface area contributed by atoms with Crippen LogP contribution in [0.3, 0.4) is 0 Å². The van der Waals surface area contributed by atoms with Gasteiger partial charge in [0.1, 0.15) is 11.5 Å². The van der Waals surface area contributed by atoms with E-state index in [1.807, 2.05) is 31.2 Å². The molecule has 1 aromatic heterocycles. The van der Waals surface area contributed by atoms with Crippen molar-refractivity contribution in [3.8, 4) is 0 Å². The minimum absolute atomic E-state index is 0.146. The fourth-order valence-electron chi connectivity index (χ4n) is 1.91. The Kier molecular flexibility index (Phi) is 4.94. The second-order valence-electron chi connectivity index (χ2n) is 4.85. The van der Waals surface area contributed by atoms with Crippen molar-refractivity contribution < 1.29 is 14.3 Å². The van der Waals surface area contributed by atoms with E-state index < -0.39 is 6.10 Å². The molecule has 2 amide bonds. The van der Waals surface area contributed by atoms with Crippen molar-refractivity contribution in [1.29, 1.82) is 0 Å². The minimum Gasteiger partial charge on any atom is -0.448 e. The molecule has 3 N–H and O–H groups in total. The summed E-state index contributed by atoms with van der Waals surface area (Å²) in [6.45, 7) is 4.17. The highest BCUT2D eigenvalue weighted by Gasteiger charge is 2.10. The monoisotopic (exact) mass is 289 g/mol. The van der Waals surface area contributed by atoms with E-state index >= 15 is 0 Å². The zero-order valence-electron chi connectivity index (χ0n) is 12.1. The summed E-state index contributed by atoms with van der Waals surface area (Å²) >= 11 is 0. The normalized spacial score (nSPS) is 12.0. The van der Waals surface area contributed by atoms with E-state index in [2.05, 4.69) is 15.6 Å². The standard InChI is InChI=1S/C15H19N3O3/c1-10-4-3-5-12(6-10)14(19)8-17-15(20)16-7-13-11(2)21-9-18-13/h3-6,9,14,19H,7-8H2,1-2H3,(H2,16,17,20). The SMILES string of the molecule is Cc1cccc(C(O)CNC(=O)NCc2ncoc2C)c1. The van der Waals surface area contributed by atoms with Gasteiger partial charge in [0.15, 0.2) is 6.39 Å². The molecule has 0 aliphatic heterocycles. The van der Waals surface area contributed by atoms with E-state index in [9.17, 15) is 9.90 Å². The number of aliphatic hydroxyl groups is 1. The molecule has 0 radical (unpaired) electrons. The number of oxazole rings is 1. The summed E-state index contributed by atoms with van der Waals surface area (Å²) in [5, 5.41) is 15.3. The lowest BCUT2D eigenvalue weighted by molar-refractivity contribution is 0.173. The van der Waals surface area contributed by atoms with E-state index in [0.29, 0.717) is 11.5 Å². The molecule has 0 aliphatic rings. The number of hydrogen-bond donors (Lipinski definition) is 3. The number of nitrogens with zero attached hydrogens (tertiary/aromatic N) is 1. The Morgan fingerprint density at radius 3 is 2.86 bits per heavy atom. The van der Waals surface area contributed by atoms with Crippen molar-refractivity contribution in [3.63, 3.8) is 0 Å². The number of carbonyl (C=O) groups is 1. The third-order valence-electron chi connectivity index (χ3n) is 3.14. The topological polar surface area (TPSA) is 87.4 Å². The largest absolute Gasteiger partial charge is 0.448 e. The first-order valence-electron chi connectivity index (χ1n) is 6.71. The number of hydrogen-bond acceptors (Lipinski definition) is 4. The lowest BCUT2D eigenvalue weighted by Gasteiger charge is -2.13. The Labute approximate surface area is 123 Å². The maximum Gasteiger partial charge on any atom is 0.315 e. The van der Waals surface area contributed by atoms with Gasteiger partial charge >= 0.3 is 6.03 Å². The van der Waals surface area contributed by atoms with Crippen LogP contribution in [0.5, 0.6) is 0 Å². The van der Waals surface area contributed by atoms with Crippen molar-refractivity contribution in [2.75, 3.05) is 6.54 Å². The smallest absolute Gasteiger partial charge is 0.315 e. The summed E-state index contributed by atoms with van der Waals surface area (Å²) in [7, 11) is 0. The van der Waals surface area contributed by atoms with Crippen LogP contribution in [-0.4, -0.2) is 22.7 Å². The van der Waals surface area contributed by atoms with Crippen molar-refractivity contribution in [2.45, 2.75) is 26.5 Å². The first kappa shape index (κ1) is 15.1. The van der Waals surface area contributed by atoms with Crippen LogP contribution in [0.25, 0.3) is 0 Å². The molecule has 1 unspecified atom stereocenters. The fourth-order valence-corrected chi connectivity index (χ4v) is 1.91. The minimum atomic E-state index is -0.732. The molecule has 112 valence electrons. The average molecular weight is 289 g/mol. The van der Waals surface area contributed by atoms with Crippen molar-refractivity contribution in [1.82, 2.24) is 15.6 Å². The third-order valence-corrected chi connectivity index (χ3v) is 3.14. The molecular weight excluding hydrogens is 270 g/mol. The summed E-state index contributed by atoms with van der Waals surface area (Å²) in [5.74, 6) is 0.676. The van der Waals surface area contributed by atoms with E-state index in [0.717, 1.165) is 11.1 Å². The van der Waals surface area contributed by atoms with Gasteiger partial charge < -0.3 is 20.2 Å². The number of nitrogens with one attached hydrogen (secondary N) is 2. The first-order valence-corrected chi connectivity index (χ1v) is 6.71. The van der Waals surface area contributed by atoms with Crippen LogP contribution in [0.15, 0.2) is 35.1 Å². The molecule has 21 heavy (non-hydrogen) atoms. The maximum atomic E-state index is 11.7. The molecule has 2 aromatic rings. The fraction of sp³-hybridized carbons (Fsp3) is 0.333. The Balaban J connectivity index is 1.77. The molecular formula is C15H19N3O3. The highest BCUT2D eigenvalue weighted by Crippen LogP contribution is 2.13. The van der Waals surface area contributed by atoms with Gasteiger partial charge in [0.05, 0.1) is 12.6 Å². The predicted molar refractivity (Wildman–Crippen MR) is 77.6 cm³/mol. The first-order chi connectivity index (χ1) is 10.1. The second-order valence-corrected chi connectivity index (χ2v) is 4.85. The summed E-state index contributed by atoms with van der Waals surface area (Å²) in [6, 6.07) is 7.20. The van der Waals surface area contributed by atoms with Crippen LogP contribution >= 0.6 is 0 Å². The van der Waals surface area contributed by atoms with Gasteiger partial charge in [-0.15, -0.1) is 0 Å². The number of benzene rings is 1. The lowest BCUT2D eigenvalue weighted by Crippen LogP contribution is -2.37. The molecule has 0 bridgehead atoms. The van der Waals surface area contributed by atoms with E-state index in [-0.39, 0.29) is 19.1 Å². The van der Waals surface area contributed by atoms with Gasteiger partial charge in [-0.3, -0.25) is 0 Å². The zero-order valence-corrected chi connectivity index (χ0v) is 12.1. The molecule has 0 saturated heterocycles. The van der Waals surface area contributed by atoms with E-state index in [1.165, 1.54) is 6.39 Å². The summed E-state index contributed by atoms with van der Waals surface area (Å²) in [5.41, 5.74) is 2.53. The molecule has 0 saturated carbocycles. The van der Waals surface area contributed by atoms with Gasteiger partial charge in [0.25, 0.3) is 0 Å². The Morgan fingerprint density at radius 1 is 1.38 bits per heavy atom. The molecule has 0 aliphatic carbocycles. The Bertz CT molecular complexity index is 610. The summed E-state index contributed by atoms with van der Waals surface area (Å²) in [6.07, 6.45) is 0.607. The average Bonchev–Trinajstić information content (AvgIpc) is 2.88. The van der Waals surface area contributed by atoms with E-state index in [4.69, 9.17) is 4.42 Å². The van der Waals surface area contributed by atoms with Gasteiger partial charge in [0.2, 0.25) is 0 Å². The molecule has 0 spiro atoms. The van der Waals surface area contributed by atoms with Crippen LogP contribution in [0.2, 0.25) is 0 Å². The molecule has 1 heterocycles. The number of aryl methyl sites for hydroxylation is 2. The second kappa shape index (κ2) is 6.90. The number of rotatable bonds is 5. The molecule has 2 rings (SSSR count). The van der Waals surface area contributed by atoms with Crippen molar-refractivity contribution in [3.05, 3.63) is 53.2 Å². The maximum absolute atomic E-state index is 11.7. The molecule has 6 nitrogen and oxygen atoms in total. The Morgan fingerprint density at radius 2 is 2.19 bits per heavy atom. The number of amides is 2. The number of urea groups is 1. The number of aromatic nitrogens is 1. The van der Waals surface area contributed by atoms with Crippen LogP contribution in [0, 0.1) is 13.8 Å². The quantitative estimate of drug-likeness (QED) is 0.783. The van der Waals surface area contributed by atoms with Crippen molar-refractivity contribution >= 4 is 6.03 Å². The third kappa shape index (κ3) is 4.32. The highest BCUT2D eigenvalue weighted by molar-refractivity contribution is 5.73. The van der Waals surface area contributed by atoms with Gasteiger partial charge in [0, 0.05) is 6.54 Å². The highest BCUT2D eigenvalue weighted by atomic mass is 16.3. The number of aliphatic hydroxyl groups excluding tert-OH is 1.